The minimum Gasteiger partial charge on any atom is -0.494 e. The van der Waals surface area contributed by atoms with Crippen LogP contribution in [0.2, 0.25) is 0 Å². The second-order valence-electron chi connectivity index (χ2n) is 6.78. The molecule has 0 unspecified atom stereocenters. The van der Waals surface area contributed by atoms with Crippen LogP contribution in [0.4, 0.5) is 0 Å². The Morgan fingerprint density at radius 3 is 2.80 bits per heavy atom. The van der Waals surface area contributed by atoms with Gasteiger partial charge in [0.1, 0.15) is 5.75 Å². The maximum atomic E-state index is 12.9. The van der Waals surface area contributed by atoms with Crippen molar-refractivity contribution >= 4 is 23.0 Å². The molecule has 0 aliphatic heterocycles. The number of ether oxygens (including phenoxy) is 1. The second kappa shape index (κ2) is 8.61. The number of benzene rings is 2. The molecule has 0 aliphatic rings. The minimum atomic E-state index is -0.290. The molecule has 2 aromatic carbocycles. The summed E-state index contributed by atoms with van der Waals surface area (Å²) < 4.78 is 7.52. The molecule has 0 saturated heterocycles. The molecule has 0 fully saturated rings. The zero-order valence-electron chi connectivity index (χ0n) is 16.9. The Balaban J connectivity index is 1.70. The quantitative estimate of drug-likeness (QED) is 0.387. The first kappa shape index (κ1) is 19.4. The lowest BCUT2D eigenvalue weighted by atomic mass is 10.0. The zero-order chi connectivity index (χ0) is 20.9. The van der Waals surface area contributed by atoms with Gasteiger partial charge in [-0.25, -0.2) is 10.4 Å². The van der Waals surface area contributed by atoms with Crippen LogP contribution in [-0.2, 0) is 7.05 Å². The van der Waals surface area contributed by atoms with Crippen LogP contribution >= 0.6 is 0 Å². The number of aryl methyl sites for hydroxylation is 1. The van der Waals surface area contributed by atoms with Gasteiger partial charge in [0.05, 0.1) is 35.3 Å². The van der Waals surface area contributed by atoms with Gasteiger partial charge in [0, 0.05) is 24.2 Å². The van der Waals surface area contributed by atoms with Gasteiger partial charge in [-0.2, -0.15) is 5.10 Å². The van der Waals surface area contributed by atoms with Crippen molar-refractivity contribution in [3.63, 3.8) is 0 Å². The largest absolute Gasteiger partial charge is 0.494 e. The first-order valence-corrected chi connectivity index (χ1v) is 9.73. The first-order valence-electron chi connectivity index (χ1n) is 9.73. The number of hydrogen-bond donors (Lipinski definition) is 1. The number of para-hydroxylation sites is 1. The van der Waals surface area contributed by atoms with Crippen molar-refractivity contribution in [1.82, 2.24) is 15.0 Å². The average molecular weight is 398 g/mol. The molecule has 2 aromatic heterocycles. The summed E-state index contributed by atoms with van der Waals surface area (Å²) in [6.07, 6.45) is 3.54. The Kier molecular flexibility index (Phi) is 5.57. The maximum absolute atomic E-state index is 12.9. The number of nitrogens with one attached hydrogen (secondary N) is 1. The molecule has 6 heteroatoms. The molecule has 0 aliphatic carbocycles. The van der Waals surface area contributed by atoms with E-state index >= 15 is 0 Å². The van der Waals surface area contributed by atoms with Crippen LogP contribution in [0.15, 0.2) is 78.0 Å². The highest BCUT2D eigenvalue weighted by Crippen LogP contribution is 2.27. The van der Waals surface area contributed by atoms with E-state index in [1.807, 2.05) is 85.4 Å². The van der Waals surface area contributed by atoms with Gasteiger partial charge in [0.2, 0.25) is 0 Å². The number of carbonyl (C=O) groups excluding carboxylic acids is 1. The van der Waals surface area contributed by atoms with Crippen LogP contribution in [0, 0.1) is 0 Å². The lowest BCUT2D eigenvalue weighted by molar-refractivity contribution is 0.0956. The molecule has 0 bridgehead atoms. The summed E-state index contributed by atoms with van der Waals surface area (Å²) in [6, 6.07) is 20.9. The van der Waals surface area contributed by atoms with Crippen LogP contribution in [0.3, 0.4) is 0 Å². The molecule has 150 valence electrons. The van der Waals surface area contributed by atoms with Gasteiger partial charge in [-0.3, -0.25) is 4.79 Å². The summed E-state index contributed by atoms with van der Waals surface area (Å²) in [6.45, 7) is 2.53. The predicted octanol–water partition coefficient (Wildman–Crippen LogP) is 4.40. The number of aromatic nitrogens is 2. The molecular weight excluding hydrogens is 376 g/mol. The lowest BCUT2D eigenvalue weighted by Crippen LogP contribution is -2.18. The first-order chi connectivity index (χ1) is 14.7. The summed E-state index contributed by atoms with van der Waals surface area (Å²) >= 11 is 0. The molecule has 0 saturated carbocycles. The molecular formula is C24H22N4O2. The number of rotatable bonds is 6. The number of hydrazone groups is 1. The Labute approximate surface area is 174 Å². The van der Waals surface area contributed by atoms with Crippen LogP contribution in [0.5, 0.6) is 5.75 Å². The van der Waals surface area contributed by atoms with Gasteiger partial charge in [0.25, 0.3) is 5.91 Å². The van der Waals surface area contributed by atoms with E-state index in [4.69, 9.17) is 9.72 Å². The number of pyridine rings is 1. The normalized spacial score (nSPS) is 11.1. The zero-order valence-corrected chi connectivity index (χ0v) is 16.9. The van der Waals surface area contributed by atoms with Crippen molar-refractivity contribution in [3.8, 4) is 17.0 Å². The fourth-order valence-corrected chi connectivity index (χ4v) is 3.25. The minimum absolute atomic E-state index is 0.290. The highest BCUT2D eigenvalue weighted by Gasteiger charge is 2.14. The molecule has 4 rings (SSSR count). The molecule has 1 N–H and O–H groups in total. The van der Waals surface area contributed by atoms with E-state index in [1.54, 1.807) is 12.3 Å². The van der Waals surface area contributed by atoms with Crippen molar-refractivity contribution in [2.75, 3.05) is 6.61 Å². The van der Waals surface area contributed by atoms with Crippen molar-refractivity contribution in [3.05, 3.63) is 84.2 Å². The van der Waals surface area contributed by atoms with Gasteiger partial charge in [-0.05, 0) is 43.3 Å². The number of nitrogens with zero attached hydrogens (tertiary/aromatic N) is 3. The van der Waals surface area contributed by atoms with E-state index in [9.17, 15) is 4.79 Å². The summed E-state index contributed by atoms with van der Waals surface area (Å²) in [7, 11) is 1.92. The van der Waals surface area contributed by atoms with Gasteiger partial charge < -0.3 is 9.30 Å². The molecule has 2 heterocycles. The summed E-state index contributed by atoms with van der Waals surface area (Å²) in [5.74, 6) is 0.476. The van der Waals surface area contributed by atoms with Crippen molar-refractivity contribution < 1.29 is 9.53 Å². The Bertz CT molecular complexity index is 1230. The van der Waals surface area contributed by atoms with Crippen LogP contribution in [0.25, 0.3) is 22.2 Å². The molecule has 1 amide bonds. The summed E-state index contributed by atoms with van der Waals surface area (Å²) in [5, 5.41) is 4.88. The lowest BCUT2D eigenvalue weighted by Gasteiger charge is -2.10. The van der Waals surface area contributed by atoms with Crippen molar-refractivity contribution in [1.29, 1.82) is 0 Å². The second-order valence-corrected chi connectivity index (χ2v) is 6.78. The summed E-state index contributed by atoms with van der Waals surface area (Å²) in [5.41, 5.74) is 6.37. The maximum Gasteiger partial charge on any atom is 0.272 e. The molecule has 0 atom stereocenters. The summed E-state index contributed by atoms with van der Waals surface area (Å²) in [4.78, 5) is 17.7. The van der Waals surface area contributed by atoms with Crippen molar-refractivity contribution in [2.45, 2.75) is 6.92 Å². The topological polar surface area (TPSA) is 68.5 Å². The Hall–Kier alpha value is -3.93. The third-order valence-electron chi connectivity index (χ3n) is 4.75. The van der Waals surface area contributed by atoms with E-state index in [1.165, 1.54) is 0 Å². The Morgan fingerprint density at radius 1 is 1.13 bits per heavy atom. The van der Waals surface area contributed by atoms with Gasteiger partial charge in [-0.15, -0.1) is 0 Å². The molecule has 0 spiro atoms. The average Bonchev–Trinajstić information content (AvgIpc) is 3.18. The van der Waals surface area contributed by atoms with Crippen molar-refractivity contribution in [2.24, 2.45) is 12.1 Å². The fraction of sp³-hybridized carbons (Fsp3) is 0.125. The Morgan fingerprint density at radius 2 is 2.00 bits per heavy atom. The molecule has 0 radical (unpaired) electrons. The van der Waals surface area contributed by atoms with E-state index in [0.717, 1.165) is 27.9 Å². The number of amides is 1. The van der Waals surface area contributed by atoms with E-state index in [2.05, 4.69) is 10.5 Å². The fourth-order valence-electron chi connectivity index (χ4n) is 3.25. The highest BCUT2D eigenvalue weighted by atomic mass is 16.5. The number of hydrogen-bond acceptors (Lipinski definition) is 4. The number of carbonyl (C=O) groups is 1. The third kappa shape index (κ3) is 4.07. The highest BCUT2D eigenvalue weighted by molar-refractivity contribution is 6.07. The molecule has 30 heavy (non-hydrogen) atoms. The number of fused-ring (bicyclic) bond motifs is 1. The molecule has 4 aromatic rings. The van der Waals surface area contributed by atoms with E-state index in [0.29, 0.717) is 17.9 Å². The van der Waals surface area contributed by atoms with Gasteiger partial charge >= 0.3 is 0 Å². The van der Waals surface area contributed by atoms with Gasteiger partial charge in [-0.1, -0.05) is 30.3 Å². The smallest absolute Gasteiger partial charge is 0.272 e. The van der Waals surface area contributed by atoms with E-state index in [-0.39, 0.29) is 5.91 Å². The van der Waals surface area contributed by atoms with Gasteiger partial charge in [0.15, 0.2) is 0 Å². The van der Waals surface area contributed by atoms with Crippen LogP contribution in [-0.4, -0.2) is 28.3 Å². The standard InChI is InChI=1S/C24H22N4O2/c1-3-30-19-10-6-8-17(14-19)23-15-21(20-11-4-5-12-22(20)26-23)24(29)27-25-16-18-9-7-13-28(18)2/h4-16H,3H2,1-2H3,(H,27,29)/b25-16-. The van der Waals surface area contributed by atoms with Crippen LogP contribution < -0.4 is 10.2 Å². The monoisotopic (exact) mass is 398 g/mol. The third-order valence-corrected chi connectivity index (χ3v) is 4.75. The van der Waals surface area contributed by atoms with E-state index < -0.39 is 0 Å². The molecule has 6 nitrogen and oxygen atoms in total. The van der Waals surface area contributed by atoms with Crippen LogP contribution in [0.1, 0.15) is 23.0 Å². The SMILES string of the molecule is CCOc1cccc(-c2cc(C(=O)N/N=C\c3cccn3C)c3ccccc3n2)c1. The predicted molar refractivity (Wildman–Crippen MR) is 119 cm³/mol.